The van der Waals surface area contributed by atoms with Crippen LogP contribution in [0.3, 0.4) is 0 Å². The Morgan fingerprint density at radius 1 is 1.16 bits per heavy atom. The Morgan fingerprint density at radius 3 is 2.71 bits per heavy atom. The van der Waals surface area contributed by atoms with Crippen molar-refractivity contribution in [3.05, 3.63) is 59.9 Å². The molecule has 4 rings (SSSR count). The molecule has 0 aliphatic carbocycles. The van der Waals surface area contributed by atoms with Crippen LogP contribution < -0.4 is 10.1 Å². The molecule has 4 aromatic rings. The number of benzene rings is 2. The molecular formula is C23H25N5O2S. The van der Waals surface area contributed by atoms with E-state index >= 15 is 0 Å². The minimum absolute atomic E-state index is 0.0521. The first-order valence-corrected chi connectivity index (χ1v) is 11.2. The van der Waals surface area contributed by atoms with Gasteiger partial charge in [0.05, 0.1) is 0 Å². The van der Waals surface area contributed by atoms with Crippen molar-refractivity contribution in [1.29, 1.82) is 0 Å². The summed E-state index contributed by atoms with van der Waals surface area (Å²) in [4.78, 5) is 13.1. The van der Waals surface area contributed by atoms with Crippen LogP contribution in [0.5, 0.6) is 5.75 Å². The zero-order chi connectivity index (χ0) is 21.8. The predicted octanol–water partition coefficient (Wildman–Crippen LogP) is 4.95. The van der Waals surface area contributed by atoms with E-state index in [9.17, 15) is 4.79 Å². The fraction of sp³-hybridized carbons (Fsp3) is 0.304. The first-order chi connectivity index (χ1) is 15.1. The summed E-state index contributed by atoms with van der Waals surface area (Å²) in [5.41, 5.74) is 2.88. The Bertz CT molecular complexity index is 1180. The summed E-state index contributed by atoms with van der Waals surface area (Å²) in [6, 6.07) is 15.5. The van der Waals surface area contributed by atoms with Crippen molar-refractivity contribution in [2.24, 2.45) is 0 Å². The number of hydrogen-bond acceptors (Lipinski definition) is 6. The van der Waals surface area contributed by atoms with Crippen LogP contribution in [-0.4, -0.2) is 32.3 Å². The molecule has 1 N–H and O–H groups in total. The summed E-state index contributed by atoms with van der Waals surface area (Å²) in [5, 5.41) is 16.6. The number of carbonyl (C=O) groups is 1. The largest absolute Gasteiger partial charge is 0.484 e. The smallest absolute Gasteiger partial charge is 0.262 e. The summed E-state index contributed by atoms with van der Waals surface area (Å²) < 4.78 is 7.41. The van der Waals surface area contributed by atoms with E-state index in [1.807, 2.05) is 43.3 Å². The van der Waals surface area contributed by atoms with Crippen LogP contribution in [0, 0.1) is 0 Å². The number of aromatic nitrogens is 4. The maximum absolute atomic E-state index is 12.4. The van der Waals surface area contributed by atoms with Crippen LogP contribution in [0.25, 0.3) is 15.5 Å². The zero-order valence-electron chi connectivity index (χ0n) is 17.8. The van der Waals surface area contributed by atoms with E-state index in [-0.39, 0.29) is 12.5 Å². The van der Waals surface area contributed by atoms with Crippen molar-refractivity contribution in [1.82, 2.24) is 19.8 Å². The third-order valence-corrected chi connectivity index (χ3v) is 6.14. The predicted molar refractivity (Wildman–Crippen MR) is 123 cm³/mol. The number of ether oxygens (including phenoxy) is 1. The molecule has 0 unspecified atom stereocenters. The van der Waals surface area contributed by atoms with Gasteiger partial charge in [0.2, 0.25) is 4.96 Å². The Balaban J connectivity index is 1.39. The molecule has 1 atom stereocenters. The van der Waals surface area contributed by atoms with E-state index < -0.39 is 0 Å². The van der Waals surface area contributed by atoms with Gasteiger partial charge in [0.25, 0.3) is 5.91 Å². The molecule has 160 valence electrons. The number of aryl methyl sites for hydroxylation is 1. The highest BCUT2D eigenvalue weighted by atomic mass is 32.1. The molecule has 7 nitrogen and oxygen atoms in total. The molecule has 0 saturated carbocycles. The Labute approximate surface area is 185 Å². The van der Waals surface area contributed by atoms with Gasteiger partial charge in [-0.2, -0.15) is 9.61 Å². The van der Waals surface area contributed by atoms with Gasteiger partial charge in [0, 0.05) is 17.7 Å². The number of amides is 1. The molecule has 0 bridgehead atoms. The Morgan fingerprint density at radius 2 is 1.97 bits per heavy atom. The van der Waals surface area contributed by atoms with Crippen LogP contribution in [0.4, 0.5) is 5.69 Å². The number of fused-ring (bicyclic) bond motifs is 1. The number of nitrogens with zero attached hydrogens (tertiary/aromatic N) is 4. The van der Waals surface area contributed by atoms with Gasteiger partial charge >= 0.3 is 0 Å². The normalized spacial score (nSPS) is 12.1. The fourth-order valence-electron chi connectivity index (χ4n) is 3.20. The van der Waals surface area contributed by atoms with Gasteiger partial charge in [-0.25, -0.2) is 0 Å². The van der Waals surface area contributed by atoms with Gasteiger partial charge in [-0.1, -0.05) is 56.4 Å². The molecule has 0 radical (unpaired) electrons. The van der Waals surface area contributed by atoms with E-state index in [4.69, 9.17) is 4.74 Å². The van der Waals surface area contributed by atoms with E-state index in [1.54, 1.807) is 4.52 Å². The molecular weight excluding hydrogens is 410 g/mol. The molecule has 1 amide bonds. The maximum Gasteiger partial charge on any atom is 0.262 e. The lowest BCUT2D eigenvalue weighted by Gasteiger charge is -2.11. The van der Waals surface area contributed by atoms with Crippen LogP contribution in [0.1, 0.15) is 44.5 Å². The number of hydrogen-bond donors (Lipinski definition) is 1. The second-order valence-corrected chi connectivity index (χ2v) is 8.32. The lowest BCUT2D eigenvalue weighted by Crippen LogP contribution is -2.20. The first kappa shape index (κ1) is 21.0. The first-order valence-electron chi connectivity index (χ1n) is 10.4. The minimum Gasteiger partial charge on any atom is -0.484 e. The second-order valence-electron chi connectivity index (χ2n) is 7.37. The van der Waals surface area contributed by atoms with E-state index in [2.05, 4.69) is 46.6 Å². The Hall–Kier alpha value is -3.26. The van der Waals surface area contributed by atoms with Crippen molar-refractivity contribution in [3.8, 4) is 16.3 Å². The minimum atomic E-state index is -0.213. The van der Waals surface area contributed by atoms with Crippen LogP contribution in [0.15, 0.2) is 48.5 Å². The molecule has 31 heavy (non-hydrogen) atoms. The number of carbonyl (C=O) groups excluding carboxylic acids is 1. The molecule has 2 aromatic carbocycles. The van der Waals surface area contributed by atoms with Crippen molar-refractivity contribution in [2.75, 3.05) is 11.9 Å². The zero-order valence-corrected chi connectivity index (χ0v) is 18.6. The molecule has 0 aliphatic rings. The summed E-state index contributed by atoms with van der Waals surface area (Å²) in [6.45, 7) is 6.33. The van der Waals surface area contributed by atoms with Gasteiger partial charge in [0.15, 0.2) is 12.4 Å². The van der Waals surface area contributed by atoms with Crippen molar-refractivity contribution < 1.29 is 9.53 Å². The van der Waals surface area contributed by atoms with Crippen molar-refractivity contribution in [2.45, 2.75) is 39.5 Å². The molecule has 8 heteroatoms. The standard InChI is InChI=1S/C23H25N5O2S/c1-4-15(3)16-9-11-19(12-10-16)30-14-21(29)24-18-8-6-7-17(13-18)22-27-28-20(5-2)25-26-23(28)31-22/h6-13,15H,4-5,14H2,1-3H3,(H,24,29)/t15-/m0/s1. The molecule has 0 fully saturated rings. The highest BCUT2D eigenvalue weighted by molar-refractivity contribution is 7.19. The van der Waals surface area contributed by atoms with Gasteiger partial charge < -0.3 is 10.1 Å². The van der Waals surface area contributed by atoms with Crippen LogP contribution in [0.2, 0.25) is 0 Å². The summed E-state index contributed by atoms with van der Waals surface area (Å²) in [5.74, 6) is 1.81. The topological polar surface area (TPSA) is 81.4 Å². The SMILES string of the molecule is CCc1nnc2sc(-c3cccc(NC(=O)COc4ccc([C@@H](C)CC)cc4)c3)nn12. The lowest BCUT2D eigenvalue weighted by molar-refractivity contribution is -0.118. The van der Waals surface area contributed by atoms with Gasteiger partial charge in [0.1, 0.15) is 10.8 Å². The average Bonchev–Trinajstić information content (AvgIpc) is 3.38. The molecule has 0 aliphatic heterocycles. The third kappa shape index (κ3) is 4.74. The van der Waals surface area contributed by atoms with E-state index in [1.165, 1.54) is 16.9 Å². The molecule has 2 heterocycles. The van der Waals surface area contributed by atoms with Crippen LogP contribution >= 0.6 is 11.3 Å². The summed E-state index contributed by atoms with van der Waals surface area (Å²) >= 11 is 1.47. The molecule has 0 spiro atoms. The molecule has 2 aromatic heterocycles. The average molecular weight is 436 g/mol. The van der Waals surface area contributed by atoms with Gasteiger partial charge in [-0.05, 0) is 42.2 Å². The van der Waals surface area contributed by atoms with E-state index in [0.717, 1.165) is 34.2 Å². The number of nitrogens with one attached hydrogen (secondary N) is 1. The van der Waals surface area contributed by atoms with Crippen molar-refractivity contribution in [3.63, 3.8) is 0 Å². The van der Waals surface area contributed by atoms with Gasteiger partial charge in [-0.15, -0.1) is 10.2 Å². The van der Waals surface area contributed by atoms with Crippen LogP contribution in [-0.2, 0) is 11.2 Å². The maximum atomic E-state index is 12.4. The highest BCUT2D eigenvalue weighted by Gasteiger charge is 2.13. The highest BCUT2D eigenvalue weighted by Crippen LogP contribution is 2.27. The molecule has 0 saturated heterocycles. The second kappa shape index (κ2) is 9.26. The summed E-state index contributed by atoms with van der Waals surface area (Å²) in [6.07, 6.45) is 1.85. The Kier molecular flexibility index (Phi) is 6.27. The third-order valence-electron chi connectivity index (χ3n) is 5.20. The summed E-state index contributed by atoms with van der Waals surface area (Å²) in [7, 11) is 0. The van der Waals surface area contributed by atoms with Gasteiger partial charge in [-0.3, -0.25) is 4.79 Å². The number of anilines is 1. The quantitative estimate of drug-likeness (QED) is 0.424. The fourth-order valence-corrected chi connectivity index (χ4v) is 4.05. The lowest BCUT2D eigenvalue weighted by atomic mass is 9.99. The van der Waals surface area contributed by atoms with Crippen molar-refractivity contribution >= 4 is 27.9 Å². The monoisotopic (exact) mass is 435 g/mol. The number of rotatable bonds is 8. The van der Waals surface area contributed by atoms with E-state index in [0.29, 0.717) is 17.4 Å².